The first kappa shape index (κ1) is 13.7. The number of hydrogen-bond donors (Lipinski definition) is 1. The predicted molar refractivity (Wildman–Crippen MR) is 72.3 cm³/mol. The van der Waals surface area contributed by atoms with E-state index in [1.807, 2.05) is 0 Å². The van der Waals surface area contributed by atoms with Gasteiger partial charge in [0.05, 0.1) is 19.3 Å². The Bertz CT molecular complexity index is 364. The lowest BCUT2D eigenvalue weighted by Gasteiger charge is -2.15. The Kier molecular flexibility index (Phi) is 4.91. The molecule has 2 unspecified atom stereocenters. The molecule has 0 aromatic carbocycles. The Morgan fingerprint density at radius 2 is 2.33 bits per heavy atom. The smallest absolute Gasteiger partial charge is 0.202 e. The van der Waals surface area contributed by atoms with E-state index in [1.54, 1.807) is 0 Å². The Balaban J connectivity index is 1.73. The first-order valence-corrected chi connectivity index (χ1v) is 7.22. The predicted octanol–water partition coefficient (Wildman–Crippen LogP) is 2.27. The van der Waals surface area contributed by atoms with Crippen molar-refractivity contribution in [3.8, 4) is 0 Å². The third kappa shape index (κ3) is 3.90. The first-order chi connectivity index (χ1) is 8.65. The van der Waals surface area contributed by atoms with Crippen LogP contribution in [0.25, 0.3) is 0 Å². The fourth-order valence-electron chi connectivity index (χ4n) is 1.71. The minimum Gasteiger partial charge on any atom is -0.379 e. The summed E-state index contributed by atoms with van der Waals surface area (Å²) in [6, 6.07) is 0.235. The van der Waals surface area contributed by atoms with Crippen LogP contribution in [-0.4, -0.2) is 41.3 Å². The van der Waals surface area contributed by atoms with Crippen molar-refractivity contribution in [3.05, 3.63) is 5.82 Å². The van der Waals surface area contributed by atoms with Gasteiger partial charge in [0.25, 0.3) is 0 Å². The number of nitrogens with one attached hydrogen (secondary N) is 1. The Morgan fingerprint density at radius 3 is 2.94 bits per heavy atom. The summed E-state index contributed by atoms with van der Waals surface area (Å²) < 4.78 is 15.3. The van der Waals surface area contributed by atoms with E-state index in [2.05, 4.69) is 35.4 Å². The quantitative estimate of drug-likeness (QED) is 0.860. The number of aromatic nitrogens is 2. The van der Waals surface area contributed by atoms with Gasteiger partial charge in [0.15, 0.2) is 0 Å². The zero-order chi connectivity index (χ0) is 13.0. The molecule has 5 nitrogen and oxygen atoms in total. The summed E-state index contributed by atoms with van der Waals surface area (Å²) in [7, 11) is 0. The topological polar surface area (TPSA) is 56.3 Å². The standard InChI is InChI=1S/C12H21N3O2S/c1-8(2)11-14-12(18-15-11)13-9(3)6-17-10-4-5-16-7-10/h8-10H,4-7H2,1-3H3,(H,13,14,15). The fourth-order valence-corrected chi connectivity index (χ4v) is 2.53. The molecule has 1 aliphatic rings. The number of ether oxygens (including phenoxy) is 2. The summed E-state index contributed by atoms with van der Waals surface area (Å²) in [5.41, 5.74) is 0. The van der Waals surface area contributed by atoms with Crippen LogP contribution in [0.1, 0.15) is 38.9 Å². The lowest BCUT2D eigenvalue weighted by Crippen LogP contribution is -2.25. The average molecular weight is 271 g/mol. The van der Waals surface area contributed by atoms with Crippen molar-refractivity contribution in [1.82, 2.24) is 9.36 Å². The lowest BCUT2D eigenvalue weighted by atomic mass is 10.2. The molecule has 2 rings (SSSR count). The molecule has 0 amide bonds. The minimum atomic E-state index is 0.235. The van der Waals surface area contributed by atoms with Gasteiger partial charge in [-0.2, -0.15) is 4.37 Å². The molecule has 0 spiro atoms. The Labute approximate surface area is 112 Å². The molecule has 1 fully saturated rings. The first-order valence-electron chi connectivity index (χ1n) is 6.44. The normalized spacial score (nSPS) is 21.4. The number of hydrogen-bond acceptors (Lipinski definition) is 6. The zero-order valence-electron chi connectivity index (χ0n) is 11.2. The van der Waals surface area contributed by atoms with Gasteiger partial charge in [0.2, 0.25) is 5.13 Å². The molecular weight excluding hydrogens is 250 g/mol. The van der Waals surface area contributed by atoms with E-state index in [0.717, 1.165) is 30.6 Å². The molecule has 1 aromatic rings. The van der Waals surface area contributed by atoms with E-state index < -0.39 is 0 Å². The molecule has 1 aromatic heterocycles. The van der Waals surface area contributed by atoms with Crippen molar-refractivity contribution in [1.29, 1.82) is 0 Å². The highest BCUT2D eigenvalue weighted by Gasteiger charge is 2.17. The van der Waals surface area contributed by atoms with Crippen LogP contribution in [0.2, 0.25) is 0 Å². The van der Waals surface area contributed by atoms with Gasteiger partial charge in [-0.15, -0.1) is 0 Å². The molecule has 0 bridgehead atoms. The van der Waals surface area contributed by atoms with Crippen molar-refractivity contribution in [2.24, 2.45) is 0 Å². The Morgan fingerprint density at radius 1 is 1.50 bits per heavy atom. The van der Waals surface area contributed by atoms with E-state index in [0.29, 0.717) is 12.5 Å². The summed E-state index contributed by atoms with van der Waals surface area (Å²) in [5, 5.41) is 4.19. The van der Waals surface area contributed by atoms with E-state index >= 15 is 0 Å². The summed E-state index contributed by atoms with van der Waals surface area (Å²) in [4.78, 5) is 4.45. The summed E-state index contributed by atoms with van der Waals surface area (Å²) >= 11 is 1.41. The molecule has 1 aliphatic heterocycles. The number of anilines is 1. The molecule has 1 saturated heterocycles. The SMILES string of the molecule is CC(COC1CCOC1)Nc1nc(C(C)C)ns1. The molecule has 1 N–H and O–H groups in total. The fraction of sp³-hybridized carbons (Fsp3) is 0.833. The van der Waals surface area contributed by atoms with Gasteiger partial charge in [0, 0.05) is 30.1 Å². The van der Waals surface area contributed by atoms with Gasteiger partial charge in [-0.25, -0.2) is 4.98 Å². The maximum atomic E-state index is 5.76. The largest absolute Gasteiger partial charge is 0.379 e. The monoisotopic (exact) mass is 271 g/mol. The molecule has 18 heavy (non-hydrogen) atoms. The highest BCUT2D eigenvalue weighted by atomic mass is 32.1. The van der Waals surface area contributed by atoms with Crippen LogP contribution in [0.5, 0.6) is 0 Å². The van der Waals surface area contributed by atoms with Crippen molar-refractivity contribution in [2.75, 3.05) is 25.1 Å². The van der Waals surface area contributed by atoms with Crippen molar-refractivity contribution < 1.29 is 9.47 Å². The molecule has 0 saturated carbocycles. The molecular formula is C12H21N3O2S. The van der Waals surface area contributed by atoms with E-state index in [1.165, 1.54) is 11.5 Å². The molecule has 2 atom stereocenters. The van der Waals surface area contributed by atoms with Gasteiger partial charge >= 0.3 is 0 Å². The van der Waals surface area contributed by atoms with E-state index in [-0.39, 0.29) is 12.1 Å². The summed E-state index contributed by atoms with van der Waals surface area (Å²) in [5.74, 6) is 1.28. The highest BCUT2D eigenvalue weighted by Crippen LogP contribution is 2.18. The van der Waals surface area contributed by atoms with Crippen molar-refractivity contribution in [2.45, 2.75) is 45.3 Å². The number of rotatable bonds is 6. The van der Waals surface area contributed by atoms with Crippen LogP contribution in [-0.2, 0) is 9.47 Å². The maximum Gasteiger partial charge on any atom is 0.202 e. The lowest BCUT2D eigenvalue weighted by molar-refractivity contribution is 0.0395. The third-order valence-electron chi connectivity index (χ3n) is 2.80. The van der Waals surface area contributed by atoms with Gasteiger partial charge < -0.3 is 14.8 Å². The average Bonchev–Trinajstić information content (AvgIpc) is 2.96. The zero-order valence-corrected chi connectivity index (χ0v) is 12.0. The van der Waals surface area contributed by atoms with Crippen LogP contribution < -0.4 is 5.32 Å². The van der Waals surface area contributed by atoms with E-state index in [9.17, 15) is 0 Å². The molecule has 6 heteroatoms. The Hall–Kier alpha value is -0.720. The third-order valence-corrected chi connectivity index (χ3v) is 3.46. The minimum absolute atomic E-state index is 0.235. The van der Waals surface area contributed by atoms with Gasteiger partial charge in [-0.1, -0.05) is 13.8 Å². The van der Waals surface area contributed by atoms with Crippen molar-refractivity contribution >= 4 is 16.7 Å². The van der Waals surface area contributed by atoms with Gasteiger partial charge in [0.1, 0.15) is 5.82 Å². The number of nitrogens with zero attached hydrogens (tertiary/aromatic N) is 2. The van der Waals surface area contributed by atoms with Crippen LogP contribution >= 0.6 is 11.5 Å². The highest BCUT2D eigenvalue weighted by molar-refractivity contribution is 7.09. The van der Waals surface area contributed by atoms with E-state index in [4.69, 9.17) is 9.47 Å². The van der Waals surface area contributed by atoms with Crippen LogP contribution in [0, 0.1) is 0 Å². The summed E-state index contributed by atoms with van der Waals surface area (Å²) in [6.45, 7) is 8.50. The maximum absolute atomic E-state index is 5.76. The molecule has 102 valence electrons. The second-order valence-electron chi connectivity index (χ2n) is 4.98. The van der Waals surface area contributed by atoms with Crippen LogP contribution in [0.3, 0.4) is 0 Å². The van der Waals surface area contributed by atoms with Gasteiger partial charge in [-0.05, 0) is 13.3 Å². The van der Waals surface area contributed by atoms with Crippen molar-refractivity contribution in [3.63, 3.8) is 0 Å². The van der Waals surface area contributed by atoms with Gasteiger partial charge in [-0.3, -0.25) is 0 Å². The van der Waals surface area contributed by atoms with Crippen LogP contribution in [0.15, 0.2) is 0 Å². The second-order valence-corrected chi connectivity index (χ2v) is 5.73. The molecule has 0 aliphatic carbocycles. The van der Waals surface area contributed by atoms with Crippen LogP contribution in [0.4, 0.5) is 5.13 Å². The molecule has 2 heterocycles. The second kappa shape index (κ2) is 6.45. The summed E-state index contributed by atoms with van der Waals surface area (Å²) in [6.07, 6.45) is 1.26. The molecule has 0 radical (unpaired) electrons.